The van der Waals surface area contributed by atoms with E-state index in [1.54, 1.807) is 19.9 Å². The third-order valence-corrected chi connectivity index (χ3v) is 4.62. The number of aryl methyl sites for hydroxylation is 1. The molecule has 9 heteroatoms. The third kappa shape index (κ3) is 2.92. The summed E-state index contributed by atoms with van der Waals surface area (Å²) in [5.41, 5.74) is 0.147. The van der Waals surface area contributed by atoms with E-state index in [1.165, 1.54) is 16.9 Å². The van der Waals surface area contributed by atoms with E-state index >= 15 is 0 Å². The van der Waals surface area contributed by atoms with Crippen molar-refractivity contribution in [2.45, 2.75) is 27.3 Å². The number of aromatic hydroxyl groups is 1. The first-order chi connectivity index (χ1) is 11.8. The average Bonchev–Trinajstić information content (AvgIpc) is 2.92. The molecule has 1 fully saturated rings. The van der Waals surface area contributed by atoms with E-state index in [2.05, 4.69) is 20.7 Å². The maximum Gasteiger partial charge on any atom is 0.307 e. The van der Waals surface area contributed by atoms with Gasteiger partial charge in [0.25, 0.3) is 0 Å². The highest BCUT2D eigenvalue weighted by atomic mass is 16.4. The number of carbonyl (C=O) groups is 2. The highest BCUT2D eigenvalue weighted by Crippen LogP contribution is 2.58. The lowest BCUT2D eigenvalue weighted by Crippen LogP contribution is -2.17. The van der Waals surface area contributed by atoms with Crippen molar-refractivity contribution in [1.82, 2.24) is 20.2 Å². The number of aromatic nitrogens is 4. The van der Waals surface area contributed by atoms with Crippen LogP contribution in [0.15, 0.2) is 18.2 Å². The molecule has 0 spiro atoms. The average molecular weight is 345 g/mol. The second kappa shape index (κ2) is 5.83. The fraction of sp³-hybridized carbons (Fsp3) is 0.438. The van der Waals surface area contributed by atoms with Crippen LogP contribution in [-0.4, -0.2) is 42.3 Å². The number of amides is 1. The number of nitrogens with zero attached hydrogens (tertiary/aromatic N) is 4. The fourth-order valence-corrected chi connectivity index (χ4v) is 3.07. The summed E-state index contributed by atoms with van der Waals surface area (Å²) >= 11 is 0. The maximum atomic E-state index is 12.4. The summed E-state index contributed by atoms with van der Waals surface area (Å²) in [4.78, 5) is 25.1. The minimum atomic E-state index is -0.997. The van der Waals surface area contributed by atoms with Crippen molar-refractivity contribution in [3.05, 3.63) is 18.2 Å². The molecule has 2 aromatic rings. The van der Waals surface area contributed by atoms with Gasteiger partial charge in [-0.05, 0) is 35.8 Å². The lowest BCUT2D eigenvalue weighted by molar-refractivity contribution is -0.140. The number of nitrogens with one attached hydrogen (secondary N) is 1. The lowest BCUT2D eigenvalue weighted by atomic mass is 10.1. The summed E-state index contributed by atoms with van der Waals surface area (Å²) in [6.07, 6.45) is 0. The Morgan fingerprint density at radius 3 is 2.60 bits per heavy atom. The van der Waals surface area contributed by atoms with Crippen LogP contribution < -0.4 is 5.32 Å². The van der Waals surface area contributed by atoms with Crippen molar-refractivity contribution < 1.29 is 19.8 Å². The summed E-state index contributed by atoms with van der Waals surface area (Å²) in [6.45, 7) is 5.92. The molecule has 1 amide bonds. The lowest BCUT2D eigenvalue weighted by Gasteiger charge is -2.09. The van der Waals surface area contributed by atoms with Crippen LogP contribution in [0.1, 0.15) is 20.8 Å². The number of phenols is 1. The molecule has 132 valence electrons. The van der Waals surface area contributed by atoms with Crippen LogP contribution in [0.3, 0.4) is 0 Å². The number of carboxylic acids is 1. The molecular weight excluding hydrogens is 326 g/mol. The third-order valence-electron chi connectivity index (χ3n) is 4.62. The topological polar surface area (TPSA) is 130 Å². The molecule has 3 rings (SSSR count). The number of anilines is 1. The Hall–Kier alpha value is -2.97. The van der Waals surface area contributed by atoms with Crippen molar-refractivity contribution >= 4 is 17.6 Å². The Balaban J connectivity index is 1.82. The van der Waals surface area contributed by atoms with E-state index in [0.717, 1.165) is 0 Å². The molecule has 1 aromatic heterocycles. The normalized spacial score (nSPS) is 20.9. The number of benzene rings is 1. The van der Waals surface area contributed by atoms with Gasteiger partial charge >= 0.3 is 5.97 Å². The summed E-state index contributed by atoms with van der Waals surface area (Å²) in [6, 6.07) is 4.57. The Morgan fingerprint density at radius 1 is 1.32 bits per heavy atom. The van der Waals surface area contributed by atoms with Crippen molar-refractivity contribution in [2.75, 3.05) is 5.32 Å². The molecule has 0 radical (unpaired) electrons. The van der Waals surface area contributed by atoms with Crippen molar-refractivity contribution in [2.24, 2.45) is 17.3 Å². The molecule has 1 aromatic carbocycles. The second-order valence-corrected chi connectivity index (χ2v) is 6.64. The van der Waals surface area contributed by atoms with Crippen LogP contribution in [-0.2, 0) is 16.1 Å². The first-order valence-electron chi connectivity index (χ1n) is 7.90. The van der Waals surface area contributed by atoms with Crippen LogP contribution in [0.25, 0.3) is 11.4 Å². The van der Waals surface area contributed by atoms with Crippen molar-refractivity contribution in [1.29, 1.82) is 0 Å². The molecule has 2 atom stereocenters. The predicted octanol–water partition coefficient (Wildman–Crippen LogP) is 1.36. The van der Waals surface area contributed by atoms with E-state index in [0.29, 0.717) is 17.9 Å². The van der Waals surface area contributed by atoms with Gasteiger partial charge in [-0.15, -0.1) is 10.2 Å². The van der Waals surface area contributed by atoms with Gasteiger partial charge in [0.2, 0.25) is 11.7 Å². The maximum absolute atomic E-state index is 12.4. The Kier molecular flexibility index (Phi) is 3.94. The van der Waals surface area contributed by atoms with E-state index in [-0.39, 0.29) is 11.4 Å². The Bertz CT molecular complexity index is 845. The van der Waals surface area contributed by atoms with Gasteiger partial charge in [-0.3, -0.25) is 9.59 Å². The van der Waals surface area contributed by atoms with E-state index in [9.17, 15) is 19.8 Å². The number of carbonyl (C=O) groups excluding carboxylic acids is 1. The van der Waals surface area contributed by atoms with Gasteiger partial charge in [0.15, 0.2) is 0 Å². The molecule has 25 heavy (non-hydrogen) atoms. The highest BCUT2D eigenvalue weighted by Gasteiger charge is 2.65. The van der Waals surface area contributed by atoms with Gasteiger partial charge in [-0.2, -0.15) is 4.80 Å². The summed E-state index contributed by atoms with van der Waals surface area (Å²) < 4.78 is 0. The smallest absolute Gasteiger partial charge is 0.307 e. The molecule has 9 nitrogen and oxygen atoms in total. The van der Waals surface area contributed by atoms with Gasteiger partial charge in [0.1, 0.15) is 5.75 Å². The van der Waals surface area contributed by atoms with Crippen LogP contribution in [0.4, 0.5) is 5.69 Å². The Labute approximate surface area is 143 Å². The van der Waals surface area contributed by atoms with Gasteiger partial charge < -0.3 is 15.5 Å². The first kappa shape index (κ1) is 16.9. The van der Waals surface area contributed by atoms with E-state index in [4.69, 9.17) is 0 Å². The number of hydrogen-bond acceptors (Lipinski definition) is 6. The summed E-state index contributed by atoms with van der Waals surface area (Å²) in [7, 11) is 0. The molecule has 0 unspecified atom stereocenters. The largest absolute Gasteiger partial charge is 0.506 e. The van der Waals surface area contributed by atoms with Gasteiger partial charge in [0.05, 0.1) is 24.1 Å². The summed E-state index contributed by atoms with van der Waals surface area (Å²) in [5, 5.41) is 33.8. The number of carboxylic acid groups (broad SMARTS) is 1. The zero-order chi connectivity index (χ0) is 18.4. The quantitative estimate of drug-likeness (QED) is 0.697. The number of hydrogen-bond donors (Lipinski definition) is 3. The minimum absolute atomic E-state index is 0.120. The molecule has 0 bridgehead atoms. The zero-order valence-corrected chi connectivity index (χ0v) is 14.1. The van der Waals surface area contributed by atoms with E-state index in [1.807, 2.05) is 6.92 Å². The monoisotopic (exact) mass is 345 g/mol. The molecule has 0 saturated heterocycles. The number of rotatable bonds is 5. The zero-order valence-electron chi connectivity index (χ0n) is 14.1. The second-order valence-electron chi connectivity index (χ2n) is 6.64. The standard InChI is InChI=1S/C16H19N5O4/c1-4-21-19-13(18-20-21)8-5-6-10(22)9(7-8)17-14(23)11-12(15(24)25)16(11,2)3/h5-7,11-12,22H,4H2,1-3H3,(H,17,23)(H,24,25)/t11-,12-/m0/s1. The SMILES string of the molecule is CCn1nnc(-c2ccc(O)c(NC(=O)[C@@H]3[C@@H](C(=O)O)C3(C)C)c2)n1. The molecule has 1 saturated carbocycles. The van der Waals surface area contributed by atoms with Crippen LogP contribution >= 0.6 is 0 Å². The number of phenolic OH excluding ortho intramolecular Hbond substituents is 1. The van der Waals surface area contributed by atoms with Crippen LogP contribution in [0.5, 0.6) is 5.75 Å². The van der Waals surface area contributed by atoms with Gasteiger partial charge in [-0.25, -0.2) is 0 Å². The van der Waals surface area contributed by atoms with Gasteiger partial charge in [0, 0.05) is 5.56 Å². The molecular formula is C16H19N5O4. The molecule has 1 heterocycles. The molecule has 1 aliphatic carbocycles. The fourth-order valence-electron chi connectivity index (χ4n) is 3.07. The molecule has 1 aliphatic rings. The molecule has 3 N–H and O–H groups in total. The highest BCUT2D eigenvalue weighted by molar-refractivity contribution is 6.00. The Morgan fingerprint density at radius 2 is 2.04 bits per heavy atom. The number of aliphatic carboxylic acids is 1. The predicted molar refractivity (Wildman–Crippen MR) is 87.6 cm³/mol. The summed E-state index contributed by atoms with van der Waals surface area (Å²) in [5.74, 6) is -2.56. The van der Waals surface area contributed by atoms with Crippen LogP contribution in [0, 0.1) is 17.3 Å². The number of tetrazole rings is 1. The van der Waals surface area contributed by atoms with Crippen molar-refractivity contribution in [3.63, 3.8) is 0 Å². The van der Waals surface area contributed by atoms with Crippen molar-refractivity contribution in [3.8, 4) is 17.1 Å². The van der Waals surface area contributed by atoms with E-state index < -0.39 is 29.1 Å². The first-order valence-corrected chi connectivity index (χ1v) is 7.90. The van der Waals surface area contributed by atoms with Crippen LogP contribution in [0.2, 0.25) is 0 Å². The minimum Gasteiger partial charge on any atom is -0.506 e. The van der Waals surface area contributed by atoms with Gasteiger partial charge in [-0.1, -0.05) is 13.8 Å². The molecule has 0 aliphatic heterocycles.